The van der Waals surface area contributed by atoms with E-state index in [1.165, 1.54) is 13.8 Å². The van der Waals surface area contributed by atoms with E-state index in [1.54, 1.807) is 24.3 Å². The van der Waals surface area contributed by atoms with Crippen LogP contribution in [0.3, 0.4) is 0 Å². The van der Waals surface area contributed by atoms with Crippen LogP contribution in [-0.2, 0) is 10.1 Å². The van der Waals surface area contributed by atoms with Gasteiger partial charge in [-0.1, -0.05) is 40.2 Å². The summed E-state index contributed by atoms with van der Waals surface area (Å²) in [4.78, 5) is 11.1. The van der Waals surface area contributed by atoms with Gasteiger partial charge in [-0.05, 0) is 32.0 Å². The maximum Gasteiger partial charge on any atom is 0.347 e. The predicted molar refractivity (Wildman–Crippen MR) is 87.9 cm³/mol. The number of rotatable bonds is 6. The lowest BCUT2D eigenvalue weighted by molar-refractivity contribution is -0.152. The molecule has 0 aliphatic heterocycles. The molecule has 0 fully saturated rings. The van der Waals surface area contributed by atoms with E-state index in [9.17, 15) is 4.79 Å². The maximum absolute atomic E-state index is 11.1. The van der Waals surface area contributed by atoms with Crippen molar-refractivity contribution in [3.05, 3.63) is 54.1 Å². The fourth-order valence-corrected chi connectivity index (χ4v) is 2.24. The zero-order chi connectivity index (χ0) is 16.2. The molecule has 0 heterocycles. The molecule has 22 heavy (non-hydrogen) atoms. The van der Waals surface area contributed by atoms with Gasteiger partial charge in [0, 0.05) is 17.0 Å². The monoisotopic (exact) mass is 364 g/mol. The molecule has 0 bridgehead atoms. The summed E-state index contributed by atoms with van der Waals surface area (Å²) in [6, 6.07) is 14.6. The van der Waals surface area contributed by atoms with Crippen molar-refractivity contribution >= 4 is 21.9 Å². The van der Waals surface area contributed by atoms with Gasteiger partial charge in [-0.3, -0.25) is 0 Å². The molecule has 0 amide bonds. The molecule has 0 spiro atoms. The van der Waals surface area contributed by atoms with Crippen molar-refractivity contribution < 1.29 is 19.4 Å². The Morgan fingerprint density at radius 2 is 1.82 bits per heavy atom. The lowest BCUT2D eigenvalue weighted by Crippen LogP contribution is -2.37. The molecule has 0 saturated carbocycles. The van der Waals surface area contributed by atoms with E-state index in [0.717, 1.165) is 11.3 Å². The summed E-state index contributed by atoms with van der Waals surface area (Å²) in [7, 11) is 0. The summed E-state index contributed by atoms with van der Waals surface area (Å²) in [6.07, 6.45) is 0. The maximum atomic E-state index is 11.1. The first-order valence-corrected chi connectivity index (χ1v) is 7.89. The quantitative estimate of drug-likeness (QED) is 0.760. The number of carbonyl (C=O) groups is 1. The van der Waals surface area contributed by atoms with Crippen LogP contribution in [0.2, 0.25) is 0 Å². The zero-order valence-corrected chi connectivity index (χ0v) is 14.0. The third-order valence-electron chi connectivity index (χ3n) is 3.04. The Kier molecular flexibility index (Phi) is 5.08. The second-order valence-electron chi connectivity index (χ2n) is 5.24. The van der Waals surface area contributed by atoms with Gasteiger partial charge in [-0.25, -0.2) is 4.79 Å². The summed E-state index contributed by atoms with van der Waals surface area (Å²) in [5, 5.41) is 9.80. The lowest BCUT2D eigenvalue weighted by atomic mass is 10.1. The molecular weight excluding hydrogens is 348 g/mol. The molecule has 0 saturated heterocycles. The number of ether oxygens (including phenoxy) is 2. The van der Waals surface area contributed by atoms with Gasteiger partial charge in [0.25, 0.3) is 0 Å². The van der Waals surface area contributed by atoms with Crippen molar-refractivity contribution in [3.63, 3.8) is 0 Å². The normalized spacial score (nSPS) is 11.0. The highest BCUT2D eigenvalue weighted by atomic mass is 79.9. The molecule has 0 aliphatic rings. The number of carboxylic acid groups (broad SMARTS) is 1. The Hall–Kier alpha value is -2.01. The van der Waals surface area contributed by atoms with Gasteiger partial charge in [-0.2, -0.15) is 0 Å². The Balaban J connectivity index is 2.20. The summed E-state index contributed by atoms with van der Waals surface area (Å²) in [5.41, 5.74) is -0.272. The van der Waals surface area contributed by atoms with Crippen LogP contribution < -0.4 is 9.47 Å². The van der Waals surface area contributed by atoms with Gasteiger partial charge in [0.15, 0.2) is 5.60 Å². The van der Waals surface area contributed by atoms with Crippen molar-refractivity contribution in [2.24, 2.45) is 0 Å². The van der Waals surface area contributed by atoms with E-state index < -0.39 is 11.6 Å². The van der Waals surface area contributed by atoms with Gasteiger partial charge in [-0.15, -0.1) is 0 Å². The summed E-state index contributed by atoms with van der Waals surface area (Å²) in [6.45, 7) is 3.01. The highest BCUT2D eigenvalue weighted by Crippen LogP contribution is 2.30. The average molecular weight is 365 g/mol. The van der Waals surface area contributed by atoms with Gasteiger partial charge < -0.3 is 14.6 Å². The number of aliphatic carboxylic acids is 1. The Labute approximate surface area is 137 Å². The molecular formula is C17H17BrO4. The SMILES string of the molecule is CC(C)(Oc1cccc(Oc2ccccc2CBr)c1)C(=O)O. The number of carboxylic acids is 1. The van der Waals surface area contributed by atoms with Crippen LogP contribution in [-0.4, -0.2) is 16.7 Å². The molecule has 2 aromatic carbocycles. The van der Waals surface area contributed by atoms with Crippen LogP contribution in [0.1, 0.15) is 19.4 Å². The first-order valence-electron chi connectivity index (χ1n) is 6.76. The topological polar surface area (TPSA) is 55.8 Å². The highest BCUT2D eigenvalue weighted by Gasteiger charge is 2.29. The van der Waals surface area contributed by atoms with E-state index in [-0.39, 0.29) is 0 Å². The lowest BCUT2D eigenvalue weighted by Gasteiger charge is -2.21. The van der Waals surface area contributed by atoms with Gasteiger partial charge in [0.05, 0.1) is 0 Å². The molecule has 4 nitrogen and oxygen atoms in total. The Morgan fingerprint density at radius 3 is 2.50 bits per heavy atom. The zero-order valence-electron chi connectivity index (χ0n) is 12.4. The van der Waals surface area contributed by atoms with Crippen molar-refractivity contribution in [2.75, 3.05) is 0 Å². The Morgan fingerprint density at radius 1 is 1.14 bits per heavy atom. The number of benzene rings is 2. The molecule has 2 aromatic rings. The van der Waals surface area contributed by atoms with E-state index in [2.05, 4.69) is 15.9 Å². The largest absolute Gasteiger partial charge is 0.478 e. The number of hydrogen-bond donors (Lipinski definition) is 1. The van der Waals surface area contributed by atoms with E-state index >= 15 is 0 Å². The number of alkyl halides is 1. The molecule has 0 radical (unpaired) electrons. The number of para-hydroxylation sites is 1. The fourth-order valence-electron chi connectivity index (χ4n) is 1.78. The van der Waals surface area contributed by atoms with Crippen LogP contribution in [0.5, 0.6) is 17.2 Å². The first kappa shape index (κ1) is 16.4. The van der Waals surface area contributed by atoms with Crippen molar-refractivity contribution in [1.82, 2.24) is 0 Å². The van der Waals surface area contributed by atoms with Gasteiger partial charge in [0.2, 0.25) is 0 Å². The van der Waals surface area contributed by atoms with Crippen molar-refractivity contribution in [3.8, 4) is 17.2 Å². The third-order valence-corrected chi connectivity index (χ3v) is 3.64. The first-order chi connectivity index (χ1) is 10.4. The van der Waals surface area contributed by atoms with E-state index in [1.807, 2.05) is 24.3 Å². The molecule has 0 aliphatic carbocycles. The van der Waals surface area contributed by atoms with E-state index in [4.69, 9.17) is 14.6 Å². The minimum Gasteiger partial charge on any atom is -0.478 e. The fraction of sp³-hybridized carbons (Fsp3) is 0.235. The third kappa shape index (κ3) is 4.01. The molecule has 0 unspecified atom stereocenters. The Bertz CT molecular complexity index is 667. The number of halogens is 1. The minimum atomic E-state index is -1.30. The van der Waals surface area contributed by atoms with Gasteiger partial charge in [0.1, 0.15) is 17.2 Å². The summed E-state index contributed by atoms with van der Waals surface area (Å²) < 4.78 is 11.4. The number of hydrogen-bond acceptors (Lipinski definition) is 3. The molecule has 2 rings (SSSR count). The second-order valence-corrected chi connectivity index (χ2v) is 5.80. The van der Waals surface area contributed by atoms with Crippen LogP contribution in [0.25, 0.3) is 0 Å². The summed E-state index contributed by atoms with van der Waals surface area (Å²) >= 11 is 3.42. The van der Waals surface area contributed by atoms with Crippen molar-refractivity contribution in [1.29, 1.82) is 0 Å². The standard InChI is InChI=1S/C17H17BrO4/c1-17(2,16(19)20)22-14-8-5-7-13(10-14)21-15-9-4-3-6-12(15)11-18/h3-10H,11H2,1-2H3,(H,19,20). The van der Waals surface area contributed by atoms with Crippen LogP contribution in [0.15, 0.2) is 48.5 Å². The van der Waals surface area contributed by atoms with E-state index in [0.29, 0.717) is 16.8 Å². The molecule has 0 aromatic heterocycles. The molecule has 116 valence electrons. The highest BCUT2D eigenvalue weighted by molar-refractivity contribution is 9.08. The van der Waals surface area contributed by atoms with Crippen LogP contribution >= 0.6 is 15.9 Å². The average Bonchev–Trinajstić information content (AvgIpc) is 2.47. The molecule has 1 N–H and O–H groups in total. The van der Waals surface area contributed by atoms with Crippen molar-refractivity contribution in [2.45, 2.75) is 24.8 Å². The molecule has 5 heteroatoms. The second kappa shape index (κ2) is 6.83. The molecule has 0 atom stereocenters. The van der Waals surface area contributed by atoms with Crippen LogP contribution in [0.4, 0.5) is 0 Å². The predicted octanol–water partition coefficient (Wildman–Crippen LogP) is 4.62. The van der Waals surface area contributed by atoms with Gasteiger partial charge >= 0.3 is 5.97 Å². The van der Waals surface area contributed by atoms with Crippen LogP contribution in [0, 0.1) is 0 Å². The smallest absolute Gasteiger partial charge is 0.347 e. The summed E-state index contributed by atoms with van der Waals surface area (Å²) in [5.74, 6) is 0.755. The minimum absolute atomic E-state index is 0.446.